The zero-order chi connectivity index (χ0) is 17.0. The van der Waals surface area contributed by atoms with Crippen LogP contribution in [0.1, 0.15) is 30.6 Å². The molecule has 0 radical (unpaired) electrons. The maximum absolute atomic E-state index is 13.8. The van der Waals surface area contributed by atoms with Gasteiger partial charge in [0, 0.05) is 32.2 Å². The van der Waals surface area contributed by atoms with Crippen molar-refractivity contribution in [3.05, 3.63) is 35.6 Å². The van der Waals surface area contributed by atoms with Gasteiger partial charge in [-0.25, -0.2) is 4.39 Å². The molecule has 1 aliphatic heterocycles. The number of carbonyl (C=O) groups excluding carboxylic acids is 2. The third kappa shape index (κ3) is 4.68. The van der Waals surface area contributed by atoms with Gasteiger partial charge < -0.3 is 15.5 Å². The highest BCUT2D eigenvalue weighted by molar-refractivity contribution is 5.94. The van der Waals surface area contributed by atoms with Gasteiger partial charge in [0.05, 0.1) is 11.5 Å². The Morgan fingerprint density at radius 1 is 1.08 bits per heavy atom. The lowest BCUT2D eigenvalue weighted by Crippen LogP contribution is -2.43. The van der Waals surface area contributed by atoms with Gasteiger partial charge in [0.25, 0.3) is 5.91 Å². The topological polar surface area (TPSA) is 66.6 Å². The Kier molecular flexibility index (Phi) is 7.63. The Bertz CT molecular complexity index is 583. The van der Waals surface area contributed by atoms with E-state index >= 15 is 0 Å². The lowest BCUT2D eigenvalue weighted by Gasteiger charge is -2.26. The second-order valence-corrected chi connectivity index (χ2v) is 6.10. The number of benzene rings is 1. The number of hydrogen-bond donors (Lipinski definition) is 1. The van der Waals surface area contributed by atoms with Crippen LogP contribution in [0.4, 0.5) is 4.39 Å². The quantitative estimate of drug-likeness (QED) is 0.898. The van der Waals surface area contributed by atoms with E-state index in [1.807, 2.05) is 13.8 Å². The van der Waals surface area contributed by atoms with E-state index in [1.165, 1.54) is 12.1 Å². The predicted molar refractivity (Wildman–Crippen MR) is 93.6 cm³/mol. The summed E-state index contributed by atoms with van der Waals surface area (Å²) >= 11 is 0. The average Bonchev–Trinajstić information content (AvgIpc) is 2.79. The maximum atomic E-state index is 13.8. The third-order valence-corrected chi connectivity index (χ3v) is 4.38. The summed E-state index contributed by atoms with van der Waals surface area (Å²) in [6.07, 6.45) is 0.678. The molecule has 1 aromatic rings. The molecule has 0 saturated carbocycles. The van der Waals surface area contributed by atoms with E-state index in [1.54, 1.807) is 21.9 Å². The van der Waals surface area contributed by atoms with Crippen molar-refractivity contribution >= 4 is 24.2 Å². The molecule has 24 heavy (non-hydrogen) atoms. The zero-order valence-electron chi connectivity index (χ0n) is 14.1. The van der Waals surface area contributed by atoms with Crippen LogP contribution in [0.25, 0.3) is 0 Å². The van der Waals surface area contributed by atoms with Crippen LogP contribution in [0.2, 0.25) is 0 Å². The summed E-state index contributed by atoms with van der Waals surface area (Å²) in [6.45, 7) is 5.61. The Balaban J connectivity index is 0.00000288. The monoisotopic (exact) mass is 357 g/mol. The smallest absolute Gasteiger partial charge is 0.256 e. The number of hydrogen-bond acceptors (Lipinski definition) is 3. The van der Waals surface area contributed by atoms with Gasteiger partial charge in [0.1, 0.15) is 5.82 Å². The molecule has 2 rings (SSSR count). The maximum Gasteiger partial charge on any atom is 0.256 e. The van der Waals surface area contributed by atoms with Crippen LogP contribution < -0.4 is 5.73 Å². The highest BCUT2D eigenvalue weighted by Gasteiger charge is 2.27. The number of amides is 2. The molecule has 2 amide bonds. The van der Waals surface area contributed by atoms with Crippen molar-refractivity contribution in [2.75, 3.05) is 26.2 Å². The Hall–Kier alpha value is -1.66. The van der Waals surface area contributed by atoms with Crippen molar-refractivity contribution in [3.8, 4) is 0 Å². The van der Waals surface area contributed by atoms with Gasteiger partial charge >= 0.3 is 0 Å². The van der Waals surface area contributed by atoms with Gasteiger partial charge in [-0.2, -0.15) is 0 Å². The van der Waals surface area contributed by atoms with Crippen molar-refractivity contribution in [1.82, 2.24) is 9.80 Å². The summed E-state index contributed by atoms with van der Waals surface area (Å²) in [5, 5.41) is 0. The van der Waals surface area contributed by atoms with Crippen molar-refractivity contribution in [3.63, 3.8) is 0 Å². The second-order valence-electron chi connectivity index (χ2n) is 6.10. The molecule has 2 unspecified atom stereocenters. The van der Waals surface area contributed by atoms with E-state index in [-0.39, 0.29) is 41.7 Å². The fraction of sp³-hybridized carbons (Fsp3) is 0.529. The summed E-state index contributed by atoms with van der Waals surface area (Å²) in [4.78, 5) is 28.2. The van der Waals surface area contributed by atoms with Crippen molar-refractivity contribution < 1.29 is 14.0 Å². The molecule has 2 atom stereocenters. The van der Waals surface area contributed by atoms with Crippen LogP contribution >= 0.6 is 12.4 Å². The molecule has 1 fully saturated rings. The van der Waals surface area contributed by atoms with Crippen LogP contribution in [0, 0.1) is 11.7 Å². The number of nitrogens with zero attached hydrogens (tertiary/aromatic N) is 2. The molecule has 5 nitrogen and oxygen atoms in total. The van der Waals surface area contributed by atoms with Gasteiger partial charge in [0.15, 0.2) is 0 Å². The van der Waals surface area contributed by atoms with Crippen LogP contribution in [-0.4, -0.2) is 53.8 Å². The summed E-state index contributed by atoms with van der Waals surface area (Å²) in [6, 6.07) is 5.77. The minimum absolute atomic E-state index is 0. The Morgan fingerprint density at radius 3 is 2.29 bits per heavy atom. The highest BCUT2D eigenvalue weighted by Crippen LogP contribution is 2.14. The molecule has 0 bridgehead atoms. The number of halogens is 2. The molecule has 0 aromatic heterocycles. The molecule has 2 N–H and O–H groups in total. The fourth-order valence-corrected chi connectivity index (χ4v) is 2.66. The van der Waals surface area contributed by atoms with Crippen LogP contribution in [0.5, 0.6) is 0 Å². The first kappa shape index (κ1) is 20.4. The summed E-state index contributed by atoms with van der Waals surface area (Å²) < 4.78 is 13.8. The molecule has 1 aliphatic rings. The number of nitrogens with two attached hydrogens (primary N) is 1. The van der Waals surface area contributed by atoms with Crippen LogP contribution in [0.3, 0.4) is 0 Å². The summed E-state index contributed by atoms with van der Waals surface area (Å²) in [7, 11) is 0. The van der Waals surface area contributed by atoms with Gasteiger partial charge in [0.2, 0.25) is 5.91 Å². The van der Waals surface area contributed by atoms with Crippen LogP contribution in [-0.2, 0) is 4.79 Å². The molecule has 134 valence electrons. The van der Waals surface area contributed by atoms with E-state index in [0.717, 1.165) is 0 Å². The molecule has 1 saturated heterocycles. The lowest BCUT2D eigenvalue weighted by atomic mass is 10.0. The third-order valence-electron chi connectivity index (χ3n) is 4.38. The standard InChI is InChI=1S/C17H24FN3O2.ClH/c1-12(13(2)19)16(22)20-8-5-9-21(11-10-20)17(23)14-6-3-4-7-15(14)18;/h3-4,6-7,12-13H,5,8-11,19H2,1-2H3;1H. The normalized spacial score (nSPS) is 17.5. The van der Waals surface area contributed by atoms with Crippen LogP contribution in [0.15, 0.2) is 24.3 Å². The minimum Gasteiger partial charge on any atom is -0.341 e. The van der Waals surface area contributed by atoms with Crippen molar-refractivity contribution in [2.45, 2.75) is 26.3 Å². The van der Waals surface area contributed by atoms with Gasteiger partial charge in [-0.3, -0.25) is 9.59 Å². The Morgan fingerprint density at radius 2 is 1.67 bits per heavy atom. The molecule has 1 heterocycles. The minimum atomic E-state index is -0.514. The first-order valence-electron chi connectivity index (χ1n) is 8.00. The number of carbonyl (C=O) groups is 2. The molecular weight excluding hydrogens is 333 g/mol. The van der Waals surface area contributed by atoms with E-state index in [0.29, 0.717) is 32.6 Å². The molecule has 0 aliphatic carbocycles. The molecule has 7 heteroatoms. The van der Waals surface area contributed by atoms with E-state index in [9.17, 15) is 14.0 Å². The first-order chi connectivity index (χ1) is 10.9. The number of rotatable bonds is 3. The fourth-order valence-electron chi connectivity index (χ4n) is 2.66. The molecular formula is C17H25ClFN3O2. The second kappa shape index (κ2) is 8.99. The molecule has 1 aromatic carbocycles. The van der Waals surface area contributed by atoms with Gasteiger partial charge in [-0.15, -0.1) is 12.4 Å². The predicted octanol–water partition coefficient (Wildman–Crippen LogP) is 1.91. The van der Waals surface area contributed by atoms with E-state index in [2.05, 4.69) is 0 Å². The lowest BCUT2D eigenvalue weighted by molar-refractivity contribution is -0.135. The largest absolute Gasteiger partial charge is 0.341 e. The summed E-state index contributed by atoms with van der Waals surface area (Å²) in [5.74, 6) is -1.07. The zero-order valence-corrected chi connectivity index (χ0v) is 14.9. The highest BCUT2D eigenvalue weighted by atomic mass is 35.5. The van der Waals surface area contributed by atoms with Gasteiger partial charge in [-0.05, 0) is 25.5 Å². The Labute approximate surface area is 148 Å². The molecule has 0 spiro atoms. The summed E-state index contributed by atoms with van der Waals surface area (Å²) in [5.41, 5.74) is 5.88. The SMILES string of the molecule is CC(N)C(C)C(=O)N1CCCN(C(=O)c2ccccc2F)CC1.Cl. The van der Waals surface area contributed by atoms with E-state index < -0.39 is 5.82 Å². The van der Waals surface area contributed by atoms with Gasteiger partial charge in [-0.1, -0.05) is 19.1 Å². The first-order valence-corrected chi connectivity index (χ1v) is 8.00. The van der Waals surface area contributed by atoms with E-state index in [4.69, 9.17) is 5.73 Å². The average molecular weight is 358 g/mol. The van der Waals surface area contributed by atoms with Crippen molar-refractivity contribution in [2.24, 2.45) is 11.7 Å². The van der Waals surface area contributed by atoms with Crippen molar-refractivity contribution in [1.29, 1.82) is 0 Å².